The standard InChI is InChI=1S/C15H28N2O3/c1-11(2)17(10-4-5-14(18)19)15(20)16-13-8-6-12(3)7-9-13/h11-13H,4-10H2,1-3H3,(H,16,20)(H,18,19). The summed E-state index contributed by atoms with van der Waals surface area (Å²) < 4.78 is 0. The number of hydrogen-bond donors (Lipinski definition) is 2. The summed E-state index contributed by atoms with van der Waals surface area (Å²) in [6, 6.07) is 0.315. The zero-order valence-electron chi connectivity index (χ0n) is 12.9. The molecule has 2 amide bonds. The smallest absolute Gasteiger partial charge is 0.317 e. The summed E-state index contributed by atoms with van der Waals surface area (Å²) in [5, 5.41) is 11.8. The van der Waals surface area contributed by atoms with Gasteiger partial charge in [-0.2, -0.15) is 0 Å². The molecule has 0 aromatic heterocycles. The van der Waals surface area contributed by atoms with Gasteiger partial charge in [-0.25, -0.2) is 4.79 Å². The summed E-state index contributed by atoms with van der Waals surface area (Å²) >= 11 is 0. The van der Waals surface area contributed by atoms with Gasteiger partial charge in [0.05, 0.1) is 0 Å². The topological polar surface area (TPSA) is 69.6 Å². The molecule has 20 heavy (non-hydrogen) atoms. The normalized spacial score (nSPS) is 22.6. The lowest BCUT2D eigenvalue weighted by molar-refractivity contribution is -0.137. The van der Waals surface area contributed by atoms with E-state index in [4.69, 9.17) is 5.11 Å². The SMILES string of the molecule is CC1CCC(NC(=O)N(CCCC(=O)O)C(C)C)CC1. The zero-order chi connectivity index (χ0) is 15.1. The lowest BCUT2D eigenvalue weighted by Crippen LogP contribution is -2.48. The van der Waals surface area contributed by atoms with Crippen LogP contribution in [-0.2, 0) is 4.79 Å². The molecule has 2 N–H and O–H groups in total. The van der Waals surface area contributed by atoms with Gasteiger partial charge in [-0.15, -0.1) is 0 Å². The van der Waals surface area contributed by atoms with E-state index in [1.165, 1.54) is 12.8 Å². The van der Waals surface area contributed by atoms with Crippen LogP contribution in [0.4, 0.5) is 4.79 Å². The van der Waals surface area contributed by atoms with Gasteiger partial charge in [-0.05, 0) is 51.9 Å². The molecule has 0 aliphatic heterocycles. The van der Waals surface area contributed by atoms with E-state index < -0.39 is 5.97 Å². The molecule has 0 spiro atoms. The Balaban J connectivity index is 2.41. The fourth-order valence-corrected chi connectivity index (χ4v) is 2.66. The number of carboxylic acids is 1. The second kappa shape index (κ2) is 8.12. The third-order valence-electron chi connectivity index (χ3n) is 4.02. The molecule has 5 heteroatoms. The summed E-state index contributed by atoms with van der Waals surface area (Å²) in [6.07, 6.45) is 5.05. The van der Waals surface area contributed by atoms with E-state index in [2.05, 4.69) is 12.2 Å². The Morgan fingerprint density at radius 1 is 1.25 bits per heavy atom. The maximum absolute atomic E-state index is 12.3. The Labute approximate surface area is 121 Å². The molecule has 0 saturated heterocycles. The number of rotatable bonds is 6. The summed E-state index contributed by atoms with van der Waals surface area (Å²) in [6.45, 7) is 6.68. The van der Waals surface area contributed by atoms with Crippen LogP contribution in [0.3, 0.4) is 0 Å². The molecule has 0 aromatic rings. The van der Waals surface area contributed by atoms with Gasteiger partial charge in [0.15, 0.2) is 0 Å². The highest BCUT2D eigenvalue weighted by atomic mass is 16.4. The number of urea groups is 1. The van der Waals surface area contributed by atoms with Crippen molar-refractivity contribution in [3.05, 3.63) is 0 Å². The number of carbonyl (C=O) groups is 2. The third kappa shape index (κ3) is 5.80. The first-order valence-electron chi connectivity index (χ1n) is 7.69. The predicted octanol–water partition coefficient (Wildman–Crippen LogP) is 2.85. The van der Waals surface area contributed by atoms with Gasteiger partial charge in [-0.3, -0.25) is 4.79 Å². The van der Waals surface area contributed by atoms with E-state index in [-0.39, 0.29) is 24.5 Å². The fourth-order valence-electron chi connectivity index (χ4n) is 2.66. The Morgan fingerprint density at radius 2 is 1.85 bits per heavy atom. The molecule has 1 rings (SSSR count). The molecule has 1 saturated carbocycles. The van der Waals surface area contributed by atoms with Crippen LogP contribution in [0, 0.1) is 5.92 Å². The third-order valence-corrected chi connectivity index (χ3v) is 4.02. The van der Waals surface area contributed by atoms with E-state index in [0.29, 0.717) is 13.0 Å². The molecule has 1 fully saturated rings. The van der Waals surface area contributed by atoms with Crippen molar-refractivity contribution in [3.8, 4) is 0 Å². The average Bonchev–Trinajstić information content (AvgIpc) is 2.36. The van der Waals surface area contributed by atoms with Crippen LogP contribution in [0.5, 0.6) is 0 Å². The largest absolute Gasteiger partial charge is 0.481 e. The molecule has 1 aliphatic rings. The number of hydrogen-bond acceptors (Lipinski definition) is 2. The van der Waals surface area contributed by atoms with E-state index in [0.717, 1.165) is 18.8 Å². The molecule has 0 radical (unpaired) electrons. The Morgan fingerprint density at radius 3 is 2.35 bits per heavy atom. The highest BCUT2D eigenvalue weighted by Gasteiger charge is 2.23. The lowest BCUT2D eigenvalue weighted by Gasteiger charge is -2.32. The van der Waals surface area contributed by atoms with Gasteiger partial charge >= 0.3 is 12.0 Å². The van der Waals surface area contributed by atoms with Crippen molar-refractivity contribution in [1.82, 2.24) is 10.2 Å². The van der Waals surface area contributed by atoms with Crippen molar-refractivity contribution in [2.45, 2.75) is 71.4 Å². The number of nitrogens with zero attached hydrogens (tertiary/aromatic N) is 1. The average molecular weight is 284 g/mol. The van der Waals surface area contributed by atoms with Crippen molar-refractivity contribution in [2.24, 2.45) is 5.92 Å². The van der Waals surface area contributed by atoms with Crippen LogP contribution in [0.1, 0.15) is 59.3 Å². The highest BCUT2D eigenvalue weighted by Crippen LogP contribution is 2.23. The van der Waals surface area contributed by atoms with Gasteiger partial charge < -0.3 is 15.3 Å². The first-order chi connectivity index (χ1) is 9.40. The maximum Gasteiger partial charge on any atom is 0.317 e. The quantitative estimate of drug-likeness (QED) is 0.788. The minimum atomic E-state index is -0.810. The first kappa shape index (κ1) is 16.8. The van der Waals surface area contributed by atoms with Crippen LogP contribution in [-0.4, -0.2) is 40.6 Å². The van der Waals surface area contributed by atoms with E-state index in [9.17, 15) is 9.59 Å². The molecule has 5 nitrogen and oxygen atoms in total. The minimum absolute atomic E-state index is 0.0510. The monoisotopic (exact) mass is 284 g/mol. The van der Waals surface area contributed by atoms with Crippen molar-refractivity contribution in [3.63, 3.8) is 0 Å². The van der Waals surface area contributed by atoms with Crippen molar-refractivity contribution in [2.75, 3.05) is 6.54 Å². The summed E-state index contributed by atoms with van der Waals surface area (Å²) in [4.78, 5) is 24.6. The Kier molecular flexibility index (Phi) is 6.82. The van der Waals surface area contributed by atoms with Gasteiger partial charge in [0.1, 0.15) is 0 Å². The van der Waals surface area contributed by atoms with Crippen LogP contribution in [0.15, 0.2) is 0 Å². The van der Waals surface area contributed by atoms with Crippen LogP contribution in [0.25, 0.3) is 0 Å². The number of amides is 2. The molecule has 0 heterocycles. The first-order valence-corrected chi connectivity index (χ1v) is 7.69. The van der Waals surface area contributed by atoms with Gasteiger partial charge in [0.2, 0.25) is 0 Å². The highest BCUT2D eigenvalue weighted by molar-refractivity contribution is 5.75. The van der Waals surface area contributed by atoms with Crippen LogP contribution in [0.2, 0.25) is 0 Å². The fraction of sp³-hybridized carbons (Fsp3) is 0.867. The second-order valence-corrected chi connectivity index (χ2v) is 6.19. The molecule has 1 aliphatic carbocycles. The number of nitrogens with one attached hydrogen (secondary N) is 1. The number of aliphatic carboxylic acids is 1. The van der Waals surface area contributed by atoms with Crippen molar-refractivity contribution in [1.29, 1.82) is 0 Å². The Bertz CT molecular complexity index is 323. The van der Waals surface area contributed by atoms with E-state index in [1.807, 2.05) is 13.8 Å². The van der Waals surface area contributed by atoms with Crippen molar-refractivity contribution < 1.29 is 14.7 Å². The molecule has 0 bridgehead atoms. The van der Waals surface area contributed by atoms with Gasteiger partial charge in [-0.1, -0.05) is 6.92 Å². The van der Waals surface area contributed by atoms with E-state index >= 15 is 0 Å². The van der Waals surface area contributed by atoms with E-state index in [1.54, 1.807) is 4.90 Å². The predicted molar refractivity (Wildman–Crippen MR) is 78.7 cm³/mol. The number of carboxylic acid groups (broad SMARTS) is 1. The number of carbonyl (C=O) groups excluding carboxylic acids is 1. The minimum Gasteiger partial charge on any atom is -0.481 e. The van der Waals surface area contributed by atoms with Crippen molar-refractivity contribution >= 4 is 12.0 Å². The molecular weight excluding hydrogens is 256 g/mol. The second-order valence-electron chi connectivity index (χ2n) is 6.19. The summed E-state index contributed by atoms with van der Waals surface area (Å²) in [5.74, 6) is -0.0460. The van der Waals surface area contributed by atoms with Gasteiger partial charge in [0, 0.05) is 25.0 Å². The summed E-state index contributed by atoms with van der Waals surface area (Å²) in [5.41, 5.74) is 0. The zero-order valence-corrected chi connectivity index (χ0v) is 12.9. The molecule has 0 unspecified atom stereocenters. The summed E-state index contributed by atoms with van der Waals surface area (Å²) in [7, 11) is 0. The molecule has 0 atom stereocenters. The van der Waals surface area contributed by atoms with Crippen LogP contribution >= 0.6 is 0 Å². The van der Waals surface area contributed by atoms with Gasteiger partial charge in [0.25, 0.3) is 0 Å². The Hall–Kier alpha value is -1.26. The molecular formula is C15H28N2O3. The molecule has 116 valence electrons. The maximum atomic E-state index is 12.3. The lowest BCUT2D eigenvalue weighted by atomic mass is 9.87. The van der Waals surface area contributed by atoms with Crippen LogP contribution < -0.4 is 5.32 Å². The molecule has 0 aromatic carbocycles.